The average Bonchev–Trinajstić information content (AvgIpc) is 2.59. The fraction of sp³-hybridized carbons (Fsp3) is 0.538. The maximum absolute atomic E-state index is 11.9. The van der Waals surface area contributed by atoms with Gasteiger partial charge in [-0.15, -0.1) is 0 Å². The summed E-state index contributed by atoms with van der Waals surface area (Å²) in [7, 11) is 3.49. The first-order valence-electron chi connectivity index (χ1n) is 6.18. The van der Waals surface area contributed by atoms with Crippen LogP contribution in [0.25, 0.3) is 0 Å². The molecule has 0 N–H and O–H groups in total. The van der Waals surface area contributed by atoms with E-state index in [4.69, 9.17) is 0 Å². The summed E-state index contributed by atoms with van der Waals surface area (Å²) in [6, 6.07) is 1.89. The molecule has 1 amide bonds. The summed E-state index contributed by atoms with van der Waals surface area (Å²) in [6.07, 6.45) is 1.02. The topological polar surface area (TPSA) is 41.4 Å². The van der Waals surface area contributed by atoms with Crippen LogP contribution in [0, 0.1) is 0 Å². The molecule has 5 nitrogen and oxygen atoms in total. The molecule has 18 heavy (non-hydrogen) atoms. The van der Waals surface area contributed by atoms with Gasteiger partial charge in [0, 0.05) is 32.9 Å². The summed E-state index contributed by atoms with van der Waals surface area (Å²) in [5.41, 5.74) is 2.67. The predicted octanol–water partition coefficient (Wildman–Crippen LogP) is 1.32. The van der Waals surface area contributed by atoms with E-state index in [1.165, 1.54) is 0 Å². The number of carbonyl (C=O) groups excluding carboxylic acids is 1. The van der Waals surface area contributed by atoms with Crippen molar-refractivity contribution < 1.29 is 4.79 Å². The lowest BCUT2D eigenvalue weighted by molar-refractivity contribution is 0.0821. The molecule has 0 aliphatic carbocycles. The van der Waals surface area contributed by atoms with Crippen molar-refractivity contribution in [2.24, 2.45) is 0 Å². The van der Waals surface area contributed by atoms with Crippen LogP contribution in [-0.2, 0) is 13.1 Å². The third-order valence-corrected chi connectivity index (χ3v) is 3.18. The first kappa shape index (κ1) is 12.7. The highest BCUT2D eigenvalue weighted by Gasteiger charge is 2.19. The number of aryl methyl sites for hydroxylation is 1. The molecular weight excluding hydrogens is 228 g/mol. The van der Waals surface area contributed by atoms with Gasteiger partial charge >= 0.3 is 0 Å². The van der Waals surface area contributed by atoms with Gasteiger partial charge in [0.1, 0.15) is 0 Å². The van der Waals surface area contributed by atoms with Gasteiger partial charge < -0.3 is 9.80 Å². The number of amides is 1. The summed E-state index contributed by atoms with van der Waals surface area (Å²) < 4.78 is 1.94. The van der Waals surface area contributed by atoms with Crippen LogP contribution in [0.2, 0.25) is 0 Å². The van der Waals surface area contributed by atoms with Gasteiger partial charge in [-0.25, -0.2) is 0 Å². The van der Waals surface area contributed by atoms with E-state index in [0.717, 1.165) is 37.4 Å². The Balaban J connectivity index is 2.26. The fourth-order valence-corrected chi connectivity index (χ4v) is 2.12. The standard InChI is InChI=1S/C13H20N4O/c1-10(2)16-6-5-7-17-11(9-16)8-12(14-17)13(18)15(3)4/h8H,1,5-7,9H2,2-4H3. The summed E-state index contributed by atoms with van der Waals surface area (Å²) in [5, 5.41) is 4.39. The maximum atomic E-state index is 11.9. The summed E-state index contributed by atoms with van der Waals surface area (Å²) in [5.74, 6) is -0.0440. The molecule has 0 atom stereocenters. The minimum atomic E-state index is -0.0440. The van der Waals surface area contributed by atoms with Crippen molar-refractivity contribution in [1.29, 1.82) is 0 Å². The molecule has 0 saturated carbocycles. The first-order valence-corrected chi connectivity index (χ1v) is 6.18. The van der Waals surface area contributed by atoms with E-state index in [-0.39, 0.29) is 5.91 Å². The SMILES string of the molecule is C=C(C)N1CCCn2nc(C(=O)N(C)C)cc2C1. The van der Waals surface area contributed by atoms with Gasteiger partial charge in [0.05, 0.1) is 12.2 Å². The van der Waals surface area contributed by atoms with Gasteiger partial charge in [-0.3, -0.25) is 9.48 Å². The third kappa shape index (κ3) is 2.39. The molecule has 2 heterocycles. The van der Waals surface area contributed by atoms with E-state index >= 15 is 0 Å². The van der Waals surface area contributed by atoms with Crippen LogP contribution in [-0.4, -0.2) is 46.1 Å². The van der Waals surface area contributed by atoms with Gasteiger partial charge in [0.15, 0.2) is 5.69 Å². The van der Waals surface area contributed by atoms with Crippen molar-refractivity contribution in [3.63, 3.8) is 0 Å². The summed E-state index contributed by atoms with van der Waals surface area (Å²) in [6.45, 7) is 8.63. The highest BCUT2D eigenvalue weighted by Crippen LogP contribution is 2.17. The second-order valence-corrected chi connectivity index (χ2v) is 4.95. The number of hydrogen-bond acceptors (Lipinski definition) is 3. The fourth-order valence-electron chi connectivity index (χ4n) is 2.12. The monoisotopic (exact) mass is 248 g/mol. The van der Waals surface area contributed by atoms with E-state index in [9.17, 15) is 4.79 Å². The van der Waals surface area contributed by atoms with Crippen molar-refractivity contribution in [3.05, 3.63) is 29.7 Å². The van der Waals surface area contributed by atoms with Crippen LogP contribution in [0.4, 0.5) is 0 Å². The lowest BCUT2D eigenvalue weighted by Gasteiger charge is -2.21. The molecule has 98 valence electrons. The summed E-state index contributed by atoms with van der Waals surface area (Å²) >= 11 is 0. The lowest BCUT2D eigenvalue weighted by atomic mass is 10.3. The van der Waals surface area contributed by atoms with E-state index in [2.05, 4.69) is 16.6 Å². The van der Waals surface area contributed by atoms with Crippen molar-refractivity contribution in [2.75, 3.05) is 20.6 Å². The molecule has 1 aliphatic rings. The number of aromatic nitrogens is 2. The highest BCUT2D eigenvalue weighted by atomic mass is 16.2. The molecule has 0 fully saturated rings. The Morgan fingerprint density at radius 2 is 2.17 bits per heavy atom. The number of allylic oxidation sites excluding steroid dienone is 1. The van der Waals surface area contributed by atoms with Crippen LogP contribution in [0.1, 0.15) is 29.5 Å². The van der Waals surface area contributed by atoms with Crippen molar-refractivity contribution in [1.82, 2.24) is 19.6 Å². The molecule has 1 aromatic heterocycles. The molecule has 5 heteroatoms. The Kier molecular flexibility index (Phi) is 3.41. The Morgan fingerprint density at radius 1 is 1.44 bits per heavy atom. The quantitative estimate of drug-likeness (QED) is 0.792. The molecule has 0 unspecified atom stereocenters. The van der Waals surface area contributed by atoms with Gasteiger partial charge in [-0.05, 0) is 19.4 Å². The molecule has 0 saturated heterocycles. The maximum Gasteiger partial charge on any atom is 0.273 e. The Labute approximate surface area is 108 Å². The molecule has 0 spiro atoms. The van der Waals surface area contributed by atoms with E-state index < -0.39 is 0 Å². The lowest BCUT2D eigenvalue weighted by Crippen LogP contribution is -2.22. The van der Waals surface area contributed by atoms with Gasteiger partial charge in [0.2, 0.25) is 0 Å². The zero-order valence-electron chi connectivity index (χ0n) is 11.3. The van der Waals surface area contributed by atoms with Crippen LogP contribution < -0.4 is 0 Å². The number of carbonyl (C=O) groups is 1. The van der Waals surface area contributed by atoms with Crippen molar-refractivity contribution in [2.45, 2.75) is 26.4 Å². The van der Waals surface area contributed by atoms with Crippen LogP contribution >= 0.6 is 0 Å². The predicted molar refractivity (Wildman–Crippen MR) is 70.1 cm³/mol. The number of rotatable bonds is 2. The molecule has 1 aromatic rings. The third-order valence-electron chi connectivity index (χ3n) is 3.18. The van der Waals surface area contributed by atoms with Gasteiger partial charge in [-0.1, -0.05) is 6.58 Å². The minimum absolute atomic E-state index is 0.0440. The van der Waals surface area contributed by atoms with Crippen LogP contribution in [0.15, 0.2) is 18.3 Å². The van der Waals surface area contributed by atoms with Crippen molar-refractivity contribution >= 4 is 5.91 Å². The normalized spacial score (nSPS) is 14.9. The van der Waals surface area contributed by atoms with Crippen molar-refractivity contribution in [3.8, 4) is 0 Å². The molecule has 2 rings (SSSR count). The number of hydrogen-bond donors (Lipinski definition) is 0. The molecule has 0 aromatic carbocycles. The first-order chi connectivity index (χ1) is 8.49. The van der Waals surface area contributed by atoms with Crippen LogP contribution in [0.3, 0.4) is 0 Å². The molecule has 1 aliphatic heterocycles. The Bertz CT molecular complexity index is 475. The zero-order chi connectivity index (χ0) is 13.3. The Hall–Kier alpha value is -1.78. The van der Waals surface area contributed by atoms with E-state index in [0.29, 0.717) is 5.69 Å². The largest absolute Gasteiger partial charge is 0.370 e. The van der Waals surface area contributed by atoms with Gasteiger partial charge in [0.25, 0.3) is 5.91 Å². The number of fused-ring (bicyclic) bond motifs is 1. The number of nitrogens with zero attached hydrogens (tertiary/aromatic N) is 4. The Morgan fingerprint density at radius 3 is 2.78 bits per heavy atom. The second-order valence-electron chi connectivity index (χ2n) is 4.95. The highest BCUT2D eigenvalue weighted by molar-refractivity contribution is 5.92. The average molecular weight is 248 g/mol. The molecule has 0 bridgehead atoms. The zero-order valence-corrected chi connectivity index (χ0v) is 11.3. The van der Waals surface area contributed by atoms with Gasteiger partial charge in [-0.2, -0.15) is 5.10 Å². The van der Waals surface area contributed by atoms with Crippen LogP contribution in [0.5, 0.6) is 0 Å². The van der Waals surface area contributed by atoms with E-state index in [1.807, 2.05) is 17.7 Å². The van der Waals surface area contributed by atoms with E-state index in [1.54, 1.807) is 19.0 Å². The molecule has 0 radical (unpaired) electrons. The summed E-state index contributed by atoms with van der Waals surface area (Å²) in [4.78, 5) is 15.7. The molecular formula is C13H20N4O. The smallest absolute Gasteiger partial charge is 0.273 e. The second kappa shape index (κ2) is 4.84. The minimum Gasteiger partial charge on any atom is -0.370 e.